The number of ether oxygens (including phenoxy) is 1. The molecule has 3 rings (SSSR count). The number of esters is 1. The molecule has 3 aromatic rings. The van der Waals surface area contributed by atoms with Crippen LogP contribution >= 0.6 is 0 Å². The standard InChI is InChI=1S/C18H16N4O3/c1-13(23)19-15-7-9-16(10-8-15)25-18(24)17-12-22(21-20-17)11-14-5-3-2-4-6-14/h2-10,12H,11H2,1H3,(H,19,23). The minimum Gasteiger partial charge on any atom is -0.422 e. The number of carbonyl (C=O) groups is 2. The lowest BCUT2D eigenvalue weighted by atomic mass is 10.2. The van der Waals surface area contributed by atoms with Crippen LogP contribution in [-0.4, -0.2) is 26.9 Å². The Hall–Kier alpha value is -3.48. The Kier molecular flexibility index (Phi) is 4.84. The monoisotopic (exact) mass is 336 g/mol. The Labute approximate surface area is 144 Å². The van der Waals surface area contributed by atoms with Crippen LogP contribution < -0.4 is 10.1 Å². The SMILES string of the molecule is CC(=O)Nc1ccc(OC(=O)c2cn(Cc3ccccc3)nn2)cc1. The first-order chi connectivity index (χ1) is 12.1. The average Bonchev–Trinajstić information content (AvgIpc) is 3.06. The summed E-state index contributed by atoms with van der Waals surface area (Å²) in [7, 11) is 0. The van der Waals surface area contributed by atoms with E-state index in [4.69, 9.17) is 4.74 Å². The fraction of sp³-hybridized carbons (Fsp3) is 0.111. The van der Waals surface area contributed by atoms with Gasteiger partial charge in [0.1, 0.15) is 5.75 Å². The molecule has 7 nitrogen and oxygen atoms in total. The van der Waals surface area contributed by atoms with Crippen LogP contribution in [0.3, 0.4) is 0 Å². The van der Waals surface area contributed by atoms with E-state index in [2.05, 4.69) is 15.6 Å². The minimum atomic E-state index is -0.591. The number of nitrogens with one attached hydrogen (secondary N) is 1. The van der Waals surface area contributed by atoms with Crippen molar-refractivity contribution in [2.75, 3.05) is 5.32 Å². The molecule has 0 unspecified atom stereocenters. The lowest BCUT2D eigenvalue weighted by molar-refractivity contribution is -0.114. The fourth-order valence-corrected chi connectivity index (χ4v) is 2.21. The van der Waals surface area contributed by atoms with Gasteiger partial charge in [0.2, 0.25) is 5.91 Å². The van der Waals surface area contributed by atoms with E-state index in [1.165, 1.54) is 6.92 Å². The van der Waals surface area contributed by atoms with E-state index < -0.39 is 5.97 Å². The highest BCUT2D eigenvalue weighted by Crippen LogP contribution is 2.16. The van der Waals surface area contributed by atoms with Crippen LogP contribution in [0, 0.1) is 0 Å². The quantitative estimate of drug-likeness (QED) is 0.571. The molecule has 0 bridgehead atoms. The average molecular weight is 336 g/mol. The smallest absolute Gasteiger partial charge is 0.365 e. The van der Waals surface area contributed by atoms with Gasteiger partial charge in [-0.3, -0.25) is 4.79 Å². The normalized spacial score (nSPS) is 10.3. The number of amides is 1. The van der Waals surface area contributed by atoms with Crippen LogP contribution in [-0.2, 0) is 11.3 Å². The molecule has 0 saturated heterocycles. The summed E-state index contributed by atoms with van der Waals surface area (Å²) in [6.45, 7) is 1.94. The zero-order chi connectivity index (χ0) is 17.6. The lowest BCUT2D eigenvalue weighted by Crippen LogP contribution is -2.09. The minimum absolute atomic E-state index is 0.127. The Morgan fingerprint density at radius 2 is 1.80 bits per heavy atom. The van der Waals surface area contributed by atoms with Gasteiger partial charge in [-0.25, -0.2) is 9.48 Å². The van der Waals surface area contributed by atoms with Gasteiger partial charge in [0.15, 0.2) is 5.69 Å². The highest BCUT2D eigenvalue weighted by atomic mass is 16.5. The first kappa shape index (κ1) is 16.4. The zero-order valence-electron chi connectivity index (χ0n) is 13.5. The van der Waals surface area contributed by atoms with Gasteiger partial charge in [-0.1, -0.05) is 35.5 Å². The molecule has 2 aromatic carbocycles. The molecule has 0 saturated carbocycles. The van der Waals surface area contributed by atoms with Crippen LogP contribution in [0.2, 0.25) is 0 Å². The largest absolute Gasteiger partial charge is 0.422 e. The van der Waals surface area contributed by atoms with Crippen molar-refractivity contribution in [3.63, 3.8) is 0 Å². The van der Waals surface area contributed by atoms with E-state index in [1.54, 1.807) is 35.1 Å². The second kappa shape index (κ2) is 7.39. The van der Waals surface area contributed by atoms with Gasteiger partial charge in [0.25, 0.3) is 0 Å². The van der Waals surface area contributed by atoms with E-state index in [-0.39, 0.29) is 11.6 Å². The van der Waals surface area contributed by atoms with Crippen molar-refractivity contribution in [2.45, 2.75) is 13.5 Å². The molecular weight excluding hydrogens is 320 g/mol. The highest BCUT2D eigenvalue weighted by Gasteiger charge is 2.13. The van der Waals surface area contributed by atoms with Gasteiger partial charge in [0.05, 0.1) is 12.7 Å². The zero-order valence-corrected chi connectivity index (χ0v) is 13.5. The second-order valence-corrected chi connectivity index (χ2v) is 5.38. The summed E-state index contributed by atoms with van der Waals surface area (Å²) < 4.78 is 6.83. The Bertz CT molecular complexity index is 873. The molecule has 1 N–H and O–H groups in total. The maximum Gasteiger partial charge on any atom is 0.365 e. The summed E-state index contributed by atoms with van der Waals surface area (Å²) in [6, 6.07) is 16.2. The van der Waals surface area contributed by atoms with E-state index in [0.29, 0.717) is 18.0 Å². The molecule has 0 aliphatic carbocycles. The van der Waals surface area contributed by atoms with Crippen molar-refractivity contribution >= 4 is 17.6 Å². The molecule has 25 heavy (non-hydrogen) atoms. The van der Waals surface area contributed by atoms with Gasteiger partial charge < -0.3 is 10.1 Å². The Morgan fingerprint density at radius 1 is 1.08 bits per heavy atom. The van der Waals surface area contributed by atoms with Gasteiger partial charge in [0, 0.05) is 12.6 Å². The molecule has 1 aromatic heterocycles. The molecule has 0 radical (unpaired) electrons. The van der Waals surface area contributed by atoms with Crippen molar-refractivity contribution < 1.29 is 14.3 Å². The summed E-state index contributed by atoms with van der Waals surface area (Å²) in [5, 5.41) is 10.4. The third-order valence-corrected chi connectivity index (χ3v) is 3.32. The first-order valence-corrected chi connectivity index (χ1v) is 7.64. The number of hydrogen-bond acceptors (Lipinski definition) is 5. The molecule has 0 aliphatic rings. The van der Waals surface area contributed by atoms with E-state index in [0.717, 1.165) is 5.56 Å². The predicted octanol–water partition coefficient (Wildman–Crippen LogP) is 2.50. The van der Waals surface area contributed by atoms with E-state index in [1.807, 2.05) is 30.3 Å². The molecule has 0 spiro atoms. The molecule has 0 fully saturated rings. The number of hydrogen-bond donors (Lipinski definition) is 1. The third-order valence-electron chi connectivity index (χ3n) is 3.32. The lowest BCUT2D eigenvalue weighted by Gasteiger charge is -2.04. The van der Waals surface area contributed by atoms with Crippen molar-refractivity contribution in [2.24, 2.45) is 0 Å². The number of rotatable bonds is 5. The highest BCUT2D eigenvalue weighted by molar-refractivity contribution is 5.89. The van der Waals surface area contributed by atoms with Crippen LogP contribution in [0.25, 0.3) is 0 Å². The fourth-order valence-electron chi connectivity index (χ4n) is 2.21. The van der Waals surface area contributed by atoms with Crippen molar-refractivity contribution in [1.29, 1.82) is 0 Å². The number of carbonyl (C=O) groups excluding carboxylic acids is 2. The number of aromatic nitrogens is 3. The van der Waals surface area contributed by atoms with Crippen LogP contribution in [0.1, 0.15) is 23.0 Å². The molecule has 7 heteroatoms. The number of nitrogens with zero attached hydrogens (tertiary/aromatic N) is 3. The van der Waals surface area contributed by atoms with Crippen molar-refractivity contribution in [1.82, 2.24) is 15.0 Å². The summed E-state index contributed by atoms with van der Waals surface area (Å²) in [4.78, 5) is 23.1. The topological polar surface area (TPSA) is 86.1 Å². The van der Waals surface area contributed by atoms with E-state index in [9.17, 15) is 9.59 Å². The molecule has 1 amide bonds. The number of anilines is 1. The second-order valence-electron chi connectivity index (χ2n) is 5.38. The third kappa shape index (κ3) is 4.51. The molecule has 126 valence electrons. The number of benzene rings is 2. The van der Waals surface area contributed by atoms with Crippen molar-refractivity contribution in [3.05, 3.63) is 72.1 Å². The Morgan fingerprint density at radius 3 is 2.48 bits per heavy atom. The summed E-state index contributed by atoms with van der Waals surface area (Å²) in [5.74, 6) is -0.400. The van der Waals surface area contributed by atoms with Gasteiger partial charge >= 0.3 is 5.97 Å². The van der Waals surface area contributed by atoms with Gasteiger partial charge in [-0.15, -0.1) is 5.10 Å². The van der Waals surface area contributed by atoms with Crippen molar-refractivity contribution in [3.8, 4) is 5.75 Å². The predicted molar refractivity (Wildman–Crippen MR) is 91.3 cm³/mol. The van der Waals surface area contributed by atoms with Crippen LogP contribution in [0.5, 0.6) is 5.75 Å². The van der Waals surface area contributed by atoms with E-state index >= 15 is 0 Å². The molecule has 1 heterocycles. The molecule has 0 aliphatic heterocycles. The Balaban J connectivity index is 1.62. The summed E-state index contributed by atoms with van der Waals surface area (Å²) in [5.41, 5.74) is 1.81. The molecular formula is C18H16N4O3. The molecule has 0 atom stereocenters. The van der Waals surface area contributed by atoms with Gasteiger partial charge in [-0.05, 0) is 29.8 Å². The first-order valence-electron chi connectivity index (χ1n) is 7.64. The summed E-state index contributed by atoms with van der Waals surface area (Å²) in [6.07, 6.45) is 1.54. The van der Waals surface area contributed by atoms with Crippen LogP contribution in [0.4, 0.5) is 5.69 Å². The van der Waals surface area contributed by atoms with Crippen LogP contribution in [0.15, 0.2) is 60.8 Å². The maximum absolute atomic E-state index is 12.1. The maximum atomic E-state index is 12.1. The van der Waals surface area contributed by atoms with Gasteiger partial charge in [-0.2, -0.15) is 0 Å². The summed E-state index contributed by atoms with van der Waals surface area (Å²) >= 11 is 0.